The molecule has 0 aliphatic carbocycles. The predicted molar refractivity (Wildman–Crippen MR) is 96.5 cm³/mol. The summed E-state index contributed by atoms with van der Waals surface area (Å²) in [5.41, 5.74) is 1.71. The molecule has 4 amide bonds. The van der Waals surface area contributed by atoms with Crippen molar-refractivity contribution in [2.75, 3.05) is 18.8 Å². The SMILES string of the molecule is Cc1ccc(SCCC(=O)N2CCC3(CC2)NC(=O)NC3=O)cc1C. The van der Waals surface area contributed by atoms with E-state index in [0.717, 1.165) is 5.75 Å². The van der Waals surface area contributed by atoms with Gasteiger partial charge in [-0.05, 0) is 49.9 Å². The van der Waals surface area contributed by atoms with E-state index in [4.69, 9.17) is 0 Å². The number of thioether (sulfide) groups is 1. The Morgan fingerprint density at radius 3 is 2.52 bits per heavy atom. The van der Waals surface area contributed by atoms with Crippen molar-refractivity contribution >= 4 is 29.6 Å². The van der Waals surface area contributed by atoms with Gasteiger partial charge in [-0.25, -0.2) is 4.79 Å². The van der Waals surface area contributed by atoms with Gasteiger partial charge in [0.2, 0.25) is 5.91 Å². The molecular weight excluding hydrogens is 338 g/mol. The number of piperidine rings is 1. The highest BCUT2D eigenvalue weighted by Gasteiger charge is 2.48. The van der Waals surface area contributed by atoms with Crippen LogP contribution in [0.3, 0.4) is 0 Å². The molecule has 1 spiro atoms. The lowest BCUT2D eigenvalue weighted by Crippen LogP contribution is -2.55. The van der Waals surface area contributed by atoms with E-state index in [-0.39, 0.29) is 11.8 Å². The number of carbonyl (C=O) groups is 3. The van der Waals surface area contributed by atoms with Crippen LogP contribution in [0.25, 0.3) is 0 Å². The van der Waals surface area contributed by atoms with Crippen LogP contribution in [0.1, 0.15) is 30.4 Å². The second-order valence-corrected chi connectivity index (χ2v) is 7.88. The molecular formula is C18H23N3O3S. The minimum Gasteiger partial charge on any atom is -0.342 e. The van der Waals surface area contributed by atoms with Crippen molar-refractivity contribution < 1.29 is 14.4 Å². The summed E-state index contributed by atoms with van der Waals surface area (Å²) >= 11 is 1.69. The van der Waals surface area contributed by atoms with Crippen LogP contribution in [-0.2, 0) is 9.59 Å². The van der Waals surface area contributed by atoms with Crippen molar-refractivity contribution in [1.82, 2.24) is 15.5 Å². The summed E-state index contributed by atoms with van der Waals surface area (Å²) in [5, 5.41) is 5.00. The third kappa shape index (κ3) is 3.81. The maximum atomic E-state index is 12.4. The fraction of sp³-hybridized carbons (Fsp3) is 0.500. The maximum Gasteiger partial charge on any atom is 0.322 e. The van der Waals surface area contributed by atoms with Crippen molar-refractivity contribution in [2.45, 2.75) is 43.5 Å². The molecule has 0 bridgehead atoms. The van der Waals surface area contributed by atoms with Crippen molar-refractivity contribution in [1.29, 1.82) is 0 Å². The molecule has 0 unspecified atom stereocenters. The van der Waals surface area contributed by atoms with Gasteiger partial charge in [0.15, 0.2) is 0 Å². The van der Waals surface area contributed by atoms with Gasteiger partial charge in [-0.2, -0.15) is 0 Å². The van der Waals surface area contributed by atoms with E-state index in [0.29, 0.717) is 32.4 Å². The lowest BCUT2D eigenvalue weighted by molar-refractivity contribution is -0.135. The molecule has 6 nitrogen and oxygen atoms in total. The Bertz CT molecular complexity index is 712. The van der Waals surface area contributed by atoms with Crippen LogP contribution in [-0.4, -0.2) is 47.1 Å². The monoisotopic (exact) mass is 361 g/mol. The van der Waals surface area contributed by atoms with Crippen molar-refractivity contribution in [2.24, 2.45) is 0 Å². The Hall–Kier alpha value is -2.02. The Morgan fingerprint density at radius 2 is 1.92 bits per heavy atom. The molecule has 2 aliphatic heterocycles. The molecule has 134 valence electrons. The molecule has 0 atom stereocenters. The number of urea groups is 1. The van der Waals surface area contributed by atoms with Crippen LogP contribution < -0.4 is 10.6 Å². The first kappa shape index (κ1) is 17.8. The van der Waals surface area contributed by atoms with Gasteiger partial charge in [-0.1, -0.05) is 6.07 Å². The molecule has 1 aromatic carbocycles. The zero-order valence-corrected chi connectivity index (χ0v) is 15.4. The molecule has 7 heteroatoms. The fourth-order valence-electron chi connectivity index (χ4n) is 3.24. The number of aryl methyl sites for hydroxylation is 2. The minimum absolute atomic E-state index is 0.107. The molecule has 0 radical (unpaired) electrons. The zero-order chi connectivity index (χ0) is 18.0. The molecule has 2 heterocycles. The summed E-state index contributed by atoms with van der Waals surface area (Å²) in [6, 6.07) is 5.90. The Kier molecular flexibility index (Phi) is 5.03. The van der Waals surface area contributed by atoms with Crippen LogP contribution in [0.4, 0.5) is 4.79 Å². The van der Waals surface area contributed by atoms with E-state index in [1.165, 1.54) is 16.0 Å². The van der Waals surface area contributed by atoms with Crippen LogP contribution in [0.2, 0.25) is 0 Å². The molecule has 2 saturated heterocycles. The highest BCUT2D eigenvalue weighted by Crippen LogP contribution is 2.26. The number of nitrogens with one attached hydrogen (secondary N) is 2. The molecule has 2 N–H and O–H groups in total. The molecule has 2 aliphatic rings. The molecule has 1 aromatic rings. The smallest absolute Gasteiger partial charge is 0.322 e. The van der Waals surface area contributed by atoms with Gasteiger partial charge in [0, 0.05) is 30.2 Å². The fourth-order valence-corrected chi connectivity index (χ4v) is 4.17. The number of rotatable bonds is 4. The largest absolute Gasteiger partial charge is 0.342 e. The van der Waals surface area contributed by atoms with Crippen LogP contribution >= 0.6 is 11.8 Å². The number of nitrogens with zero attached hydrogens (tertiary/aromatic N) is 1. The molecule has 2 fully saturated rings. The molecule has 3 rings (SSSR count). The normalized spacial score (nSPS) is 19.0. The number of benzene rings is 1. The first-order valence-electron chi connectivity index (χ1n) is 8.51. The highest BCUT2D eigenvalue weighted by molar-refractivity contribution is 7.99. The zero-order valence-electron chi connectivity index (χ0n) is 14.6. The van der Waals surface area contributed by atoms with Gasteiger partial charge in [-0.3, -0.25) is 14.9 Å². The second-order valence-electron chi connectivity index (χ2n) is 6.72. The van der Waals surface area contributed by atoms with Crippen LogP contribution in [0.5, 0.6) is 0 Å². The number of amides is 4. The van der Waals surface area contributed by atoms with E-state index in [9.17, 15) is 14.4 Å². The van der Waals surface area contributed by atoms with E-state index < -0.39 is 11.6 Å². The first-order valence-corrected chi connectivity index (χ1v) is 9.50. The Morgan fingerprint density at radius 1 is 1.20 bits per heavy atom. The minimum atomic E-state index is -0.817. The van der Waals surface area contributed by atoms with Gasteiger partial charge in [0.1, 0.15) is 5.54 Å². The maximum absolute atomic E-state index is 12.4. The number of imide groups is 1. The second kappa shape index (κ2) is 7.07. The number of hydrogen-bond donors (Lipinski definition) is 2. The summed E-state index contributed by atoms with van der Waals surface area (Å²) < 4.78 is 0. The quantitative estimate of drug-likeness (QED) is 0.635. The number of carbonyl (C=O) groups excluding carboxylic acids is 3. The van der Waals surface area contributed by atoms with E-state index >= 15 is 0 Å². The molecule has 0 saturated carbocycles. The van der Waals surface area contributed by atoms with E-state index in [1.54, 1.807) is 16.7 Å². The average molecular weight is 361 g/mol. The van der Waals surface area contributed by atoms with Crippen LogP contribution in [0, 0.1) is 13.8 Å². The van der Waals surface area contributed by atoms with E-state index in [1.807, 2.05) is 0 Å². The van der Waals surface area contributed by atoms with Crippen molar-refractivity contribution in [3.63, 3.8) is 0 Å². The third-order valence-corrected chi connectivity index (χ3v) is 6.04. The lowest BCUT2D eigenvalue weighted by Gasteiger charge is -2.37. The number of hydrogen-bond acceptors (Lipinski definition) is 4. The summed E-state index contributed by atoms with van der Waals surface area (Å²) in [6.07, 6.45) is 1.42. The van der Waals surface area contributed by atoms with Gasteiger partial charge in [0.05, 0.1) is 0 Å². The van der Waals surface area contributed by atoms with Gasteiger partial charge in [-0.15, -0.1) is 11.8 Å². The first-order chi connectivity index (χ1) is 11.9. The average Bonchev–Trinajstić information content (AvgIpc) is 2.85. The summed E-state index contributed by atoms with van der Waals surface area (Å²) in [6.45, 7) is 5.18. The van der Waals surface area contributed by atoms with E-state index in [2.05, 4.69) is 42.7 Å². The standard InChI is InChI=1S/C18H23N3O3S/c1-12-3-4-14(11-13(12)2)25-10-5-15(22)21-8-6-18(7-9-21)16(23)19-17(24)20-18/h3-4,11H,5-10H2,1-2H3,(H2,19,20,23,24). The van der Waals surface area contributed by atoms with Crippen molar-refractivity contribution in [3.05, 3.63) is 29.3 Å². The summed E-state index contributed by atoms with van der Waals surface area (Å²) in [4.78, 5) is 38.6. The number of likely N-dealkylation sites (tertiary alicyclic amines) is 1. The highest BCUT2D eigenvalue weighted by atomic mass is 32.2. The third-order valence-electron chi connectivity index (χ3n) is 5.05. The molecule has 25 heavy (non-hydrogen) atoms. The van der Waals surface area contributed by atoms with Gasteiger partial charge < -0.3 is 10.2 Å². The van der Waals surface area contributed by atoms with Crippen molar-refractivity contribution in [3.8, 4) is 0 Å². The topological polar surface area (TPSA) is 78.5 Å². The Balaban J connectivity index is 1.46. The summed E-state index contributed by atoms with van der Waals surface area (Å²) in [7, 11) is 0. The molecule has 0 aromatic heterocycles. The van der Waals surface area contributed by atoms with Crippen LogP contribution in [0.15, 0.2) is 23.1 Å². The van der Waals surface area contributed by atoms with Gasteiger partial charge in [0.25, 0.3) is 5.91 Å². The lowest BCUT2D eigenvalue weighted by atomic mass is 9.87. The van der Waals surface area contributed by atoms with Gasteiger partial charge >= 0.3 is 6.03 Å². The predicted octanol–water partition coefficient (Wildman–Crippen LogP) is 1.99. The summed E-state index contributed by atoms with van der Waals surface area (Å²) in [5.74, 6) is 0.575. The Labute approximate surface area is 151 Å².